The van der Waals surface area contributed by atoms with E-state index in [-0.39, 0.29) is 33.3 Å². The fourth-order valence-corrected chi connectivity index (χ4v) is 6.05. The van der Waals surface area contributed by atoms with Gasteiger partial charge in [-0.2, -0.15) is 0 Å². The van der Waals surface area contributed by atoms with Gasteiger partial charge in [0.1, 0.15) is 16.7 Å². The third-order valence-corrected chi connectivity index (χ3v) is 8.22. The highest BCUT2D eigenvalue weighted by Gasteiger charge is 2.42. The Kier molecular flexibility index (Phi) is 10.3. The number of nitrogens with zero attached hydrogens (tertiary/aromatic N) is 3. The topological polar surface area (TPSA) is 140 Å². The van der Waals surface area contributed by atoms with Gasteiger partial charge in [-0.05, 0) is 52.5 Å². The average Bonchev–Trinajstić information content (AvgIpc) is 2.88. The molecule has 0 bridgehead atoms. The zero-order valence-electron chi connectivity index (χ0n) is 22.2. The van der Waals surface area contributed by atoms with Gasteiger partial charge >= 0.3 is 0 Å². The van der Waals surface area contributed by atoms with Crippen LogP contribution < -0.4 is 10.7 Å². The monoisotopic (exact) mass is 581 g/mol. The minimum absolute atomic E-state index is 0.0728. The number of piperidine rings is 1. The number of pyridine rings is 1. The number of H-pyrrole nitrogens is 1. The van der Waals surface area contributed by atoms with Crippen LogP contribution in [0.25, 0.3) is 0 Å². The molecule has 1 saturated heterocycles. The first-order valence-electron chi connectivity index (χ1n) is 12.3. The molecule has 39 heavy (non-hydrogen) atoms. The molecule has 1 aliphatic rings. The lowest BCUT2D eigenvalue weighted by Crippen LogP contribution is -2.63. The Hall–Kier alpha value is -2.78. The van der Waals surface area contributed by atoms with Crippen LogP contribution in [0.4, 0.5) is 8.78 Å². The number of rotatable bonds is 9. The maximum absolute atomic E-state index is 13.9. The number of aromatic hydroxyl groups is 1. The summed E-state index contributed by atoms with van der Waals surface area (Å²) in [6.07, 6.45) is 2.21. The average molecular weight is 582 g/mol. The highest BCUT2D eigenvalue weighted by Crippen LogP contribution is 2.31. The molecule has 0 radical (unpaired) electrons. The van der Waals surface area contributed by atoms with Crippen molar-refractivity contribution in [1.82, 2.24) is 23.8 Å². The summed E-state index contributed by atoms with van der Waals surface area (Å²) in [5.41, 5.74) is -2.05. The molecule has 0 saturated carbocycles. The van der Waals surface area contributed by atoms with E-state index in [1.54, 1.807) is 24.1 Å². The van der Waals surface area contributed by atoms with Crippen molar-refractivity contribution in [3.8, 4) is 5.75 Å². The normalized spacial score (nSPS) is 15.4. The molecule has 1 fully saturated rings. The summed E-state index contributed by atoms with van der Waals surface area (Å²) in [6.45, 7) is 3.59. The van der Waals surface area contributed by atoms with Gasteiger partial charge in [0.2, 0.25) is 5.43 Å². The van der Waals surface area contributed by atoms with Crippen molar-refractivity contribution >= 4 is 39.9 Å². The van der Waals surface area contributed by atoms with Crippen molar-refractivity contribution in [3.05, 3.63) is 63.1 Å². The summed E-state index contributed by atoms with van der Waals surface area (Å²) in [5.74, 6) is -2.92. The number of benzene rings is 1. The molecule has 1 aromatic carbocycles. The van der Waals surface area contributed by atoms with Crippen LogP contribution in [-0.2, 0) is 6.42 Å². The summed E-state index contributed by atoms with van der Waals surface area (Å²) in [4.78, 5) is 30.8. The first-order valence-corrected chi connectivity index (χ1v) is 13.8. The van der Waals surface area contributed by atoms with Gasteiger partial charge in [-0.1, -0.05) is 17.8 Å². The van der Waals surface area contributed by atoms with Crippen molar-refractivity contribution in [2.45, 2.75) is 31.8 Å². The summed E-state index contributed by atoms with van der Waals surface area (Å²) < 4.78 is 31.3. The minimum Gasteiger partial charge on any atom is -0.503 e. The van der Waals surface area contributed by atoms with E-state index in [2.05, 4.69) is 14.6 Å². The number of hydrogen-bond donors (Lipinski definition) is 5. The molecule has 3 rings (SSSR count). The van der Waals surface area contributed by atoms with E-state index in [1.807, 2.05) is 25.3 Å². The number of hydrogen-bond acceptors (Lipinski definition) is 10. The van der Waals surface area contributed by atoms with Crippen molar-refractivity contribution in [1.29, 1.82) is 10.8 Å². The number of aromatic nitrogens is 1. The second kappa shape index (κ2) is 13.0. The smallest absolute Gasteiger partial charge is 0.275 e. The Morgan fingerprint density at radius 3 is 2.49 bits per heavy atom. The molecule has 1 amide bonds. The van der Waals surface area contributed by atoms with Crippen molar-refractivity contribution in [2.75, 3.05) is 40.8 Å². The Bertz CT molecular complexity index is 1300. The maximum atomic E-state index is 13.9. The van der Waals surface area contributed by atoms with Crippen LogP contribution in [0, 0.1) is 22.5 Å². The maximum Gasteiger partial charge on any atom is 0.275 e. The van der Waals surface area contributed by atoms with Crippen LogP contribution in [0.3, 0.4) is 0 Å². The molecule has 0 spiro atoms. The van der Waals surface area contributed by atoms with Gasteiger partial charge in [0.25, 0.3) is 5.91 Å². The molecule has 1 aromatic heterocycles. The Morgan fingerprint density at radius 1 is 1.26 bits per heavy atom. The molecule has 0 atom stereocenters. The Balaban J connectivity index is 1.76. The van der Waals surface area contributed by atoms with Gasteiger partial charge in [-0.25, -0.2) is 17.4 Å². The number of carbonyl (C=O) groups excluding carboxylic acids is 1. The summed E-state index contributed by atoms with van der Waals surface area (Å²) in [7, 11) is 5.70. The molecule has 2 heterocycles. The number of amides is 1. The standard InChI is InChI=1S/C25H33F2N7O3S2/c1-5-34(25(30-2)8-10-33(11-9-25)39-32(3)4)24(37)20-22(36)21(35)17(14-31-20)23(29)38-19(28)12-15-6-7-16(26)13-18(15)27/h6-7,13-14,28-30,36H,5,8-12H2,1-4H3,(H,31,35). The minimum atomic E-state index is -0.929. The van der Waals surface area contributed by atoms with Crippen LogP contribution in [-0.4, -0.2) is 86.0 Å². The fraction of sp³-hybridized carbons (Fsp3) is 0.440. The van der Waals surface area contributed by atoms with Crippen LogP contribution >= 0.6 is 23.9 Å². The van der Waals surface area contributed by atoms with Gasteiger partial charge in [0, 0.05) is 50.5 Å². The van der Waals surface area contributed by atoms with Gasteiger partial charge in [-0.3, -0.25) is 25.7 Å². The molecular weight excluding hydrogens is 548 g/mol. The van der Waals surface area contributed by atoms with Gasteiger partial charge in [0.15, 0.2) is 11.4 Å². The molecule has 10 nitrogen and oxygen atoms in total. The molecule has 5 N–H and O–H groups in total. The van der Waals surface area contributed by atoms with E-state index in [0.717, 1.165) is 25.4 Å². The third-order valence-electron chi connectivity index (χ3n) is 6.48. The van der Waals surface area contributed by atoms with Gasteiger partial charge in [0.05, 0.1) is 16.3 Å². The molecule has 0 aliphatic carbocycles. The third kappa shape index (κ3) is 7.06. The summed E-state index contributed by atoms with van der Waals surface area (Å²) >= 11 is 2.20. The number of nitrogens with one attached hydrogen (secondary N) is 4. The fourth-order valence-electron chi connectivity index (χ4n) is 4.50. The zero-order valence-corrected chi connectivity index (χ0v) is 23.9. The highest BCUT2D eigenvalue weighted by molar-refractivity contribution is 8.26. The van der Waals surface area contributed by atoms with E-state index < -0.39 is 34.4 Å². The molecule has 2 aromatic rings. The Morgan fingerprint density at radius 2 is 1.92 bits per heavy atom. The summed E-state index contributed by atoms with van der Waals surface area (Å²) in [5, 5.41) is 29.8. The van der Waals surface area contributed by atoms with E-state index in [4.69, 9.17) is 10.8 Å². The lowest BCUT2D eigenvalue weighted by molar-refractivity contribution is 0.0184. The lowest BCUT2D eigenvalue weighted by atomic mass is 9.95. The van der Waals surface area contributed by atoms with Crippen LogP contribution in [0.5, 0.6) is 5.75 Å². The van der Waals surface area contributed by atoms with Gasteiger partial charge < -0.3 is 15.0 Å². The molecular formula is C25H33F2N7O3S2. The predicted octanol–water partition coefficient (Wildman–Crippen LogP) is 3.24. The van der Waals surface area contributed by atoms with E-state index in [0.29, 0.717) is 37.2 Å². The molecule has 212 valence electrons. The van der Waals surface area contributed by atoms with Crippen molar-refractivity contribution in [2.24, 2.45) is 0 Å². The zero-order chi connectivity index (χ0) is 28.9. The van der Waals surface area contributed by atoms with Crippen LogP contribution in [0.15, 0.2) is 29.2 Å². The largest absolute Gasteiger partial charge is 0.503 e. The number of aromatic amines is 1. The SMILES string of the molecule is CCN(C(=O)c1[nH]cc(C(=N)SC(=N)Cc2ccc(F)cc2F)c(=O)c1O)C1(NC)CCN(SN(C)C)CC1. The first kappa shape index (κ1) is 30.8. The number of thioether (sulfide) groups is 1. The van der Waals surface area contributed by atoms with Crippen molar-refractivity contribution < 1.29 is 18.7 Å². The quantitative estimate of drug-likeness (QED) is 0.132. The first-order chi connectivity index (χ1) is 18.4. The van der Waals surface area contributed by atoms with Crippen LogP contribution in [0.2, 0.25) is 0 Å². The highest BCUT2D eigenvalue weighted by atomic mass is 32.2. The second-order valence-electron chi connectivity index (χ2n) is 9.18. The van der Waals surface area contributed by atoms with E-state index >= 15 is 0 Å². The lowest BCUT2D eigenvalue weighted by Gasteiger charge is -2.48. The van der Waals surface area contributed by atoms with Crippen LogP contribution in [0.1, 0.15) is 41.4 Å². The number of halogens is 2. The van der Waals surface area contributed by atoms with Crippen molar-refractivity contribution in [3.63, 3.8) is 0 Å². The van der Waals surface area contributed by atoms with E-state index in [9.17, 15) is 23.5 Å². The molecule has 14 heteroatoms. The Labute approximate surface area is 234 Å². The molecule has 1 aliphatic heterocycles. The molecule has 0 unspecified atom stereocenters. The number of carbonyl (C=O) groups is 1. The summed E-state index contributed by atoms with van der Waals surface area (Å²) in [6, 6.07) is 3.00. The second-order valence-corrected chi connectivity index (χ2v) is 11.7. The van der Waals surface area contributed by atoms with E-state index in [1.165, 1.54) is 6.07 Å². The predicted molar refractivity (Wildman–Crippen MR) is 152 cm³/mol. The van der Waals surface area contributed by atoms with Gasteiger partial charge in [-0.15, -0.1) is 0 Å².